The Labute approximate surface area is 199 Å². The zero-order valence-electron chi connectivity index (χ0n) is 18.3. The normalized spacial score (nSPS) is 21.2. The molecule has 0 aliphatic heterocycles. The SMILES string of the molecule is CCNC(=NCC(O)c1cc(OC)ccc1OC)NC1CCCC(S(=O)CC)C1.I. The first kappa shape index (κ1) is 27.0. The number of guanidine groups is 1. The molecule has 2 rings (SSSR count). The van der Waals surface area contributed by atoms with Crippen molar-refractivity contribution >= 4 is 40.7 Å². The molecule has 4 unspecified atom stereocenters. The van der Waals surface area contributed by atoms with Crippen molar-refractivity contribution in [2.24, 2.45) is 4.99 Å². The summed E-state index contributed by atoms with van der Waals surface area (Å²) in [4.78, 5) is 4.58. The second-order valence-electron chi connectivity index (χ2n) is 7.14. The molecule has 1 aromatic rings. The average molecular weight is 554 g/mol. The van der Waals surface area contributed by atoms with E-state index in [9.17, 15) is 9.32 Å². The van der Waals surface area contributed by atoms with Crippen LogP contribution in [0.25, 0.3) is 0 Å². The van der Waals surface area contributed by atoms with Crippen molar-refractivity contribution in [1.82, 2.24) is 10.6 Å². The Morgan fingerprint density at radius 2 is 2.07 bits per heavy atom. The lowest BCUT2D eigenvalue weighted by Gasteiger charge is -2.30. The van der Waals surface area contributed by atoms with Gasteiger partial charge in [-0.15, -0.1) is 24.0 Å². The lowest BCUT2D eigenvalue weighted by molar-refractivity contribution is 0.182. The van der Waals surface area contributed by atoms with E-state index in [1.165, 1.54) is 0 Å². The summed E-state index contributed by atoms with van der Waals surface area (Å²) in [5, 5.41) is 17.6. The Kier molecular flexibility index (Phi) is 12.7. The summed E-state index contributed by atoms with van der Waals surface area (Å²) in [5.74, 6) is 2.64. The van der Waals surface area contributed by atoms with Crippen molar-refractivity contribution in [3.63, 3.8) is 0 Å². The predicted octanol–water partition coefficient (Wildman–Crippen LogP) is 2.99. The van der Waals surface area contributed by atoms with E-state index in [1.54, 1.807) is 32.4 Å². The molecule has 30 heavy (non-hydrogen) atoms. The average Bonchev–Trinajstić information content (AvgIpc) is 2.76. The minimum atomic E-state index is -0.817. The third kappa shape index (κ3) is 7.88. The molecule has 0 heterocycles. The van der Waals surface area contributed by atoms with Crippen LogP contribution in [-0.2, 0) is 10.8 Å². The van der Waals surface area contributed by atoms with Gasteiger partial charge in [0.25, 0.3) is 0 Å². The molecule has 3 N–H and O–H groups in total. The van der Waals surface area contributed by atoms with Crippen LogP contribution >= 0.6 is 24.0 Å². The van der Waals surface area contributed by atoms with Gasteiger partial charge in [-0.3, -0.25) is 9.20 Å². The number of rotatable bonds is 9. The summed E-state index contributed by atoms with van der Waals surface area (Å²) in [7, 11) is 2.40. The number of aliphatic hydroxyl groups excluding tert-OH is 1. The topological polar surface area (TPSA) is 92.2 Å². The van der Waals surface area contributed by atoms with Crippen LogP contribution in [0.5, 0.6) is 11.5 Å². The zero-order chi connectivity index (χ0) is 21.2. The molecule has 0 saturated heterocycles. The van der Waals surface area contributed by atoms with Crippen LogP contribution in [0.4, 0.5) is 0 Å². The van der Waals surface area contributed by atoms with Gasteiger partial charge < -0.3 is 25.2 Å². The van der Waals surface area contributed by atoms with E-state index >= 15 is 0 Å². The van der Waals surface area contributed by atoms with Crippen molar-refractivity contribution in [2.45, 2.75) is 56.9 Å². The number of ether oxygens (including phenoxy) is 2. The summed E-state index contributed by atoms with van der Waals surface area (Å²) in [6.07, 6.45) is 3.20. The van der Waals surface area contributed by atoms with E-state index in [1.807, 2.05) is 13.8 Å². The number of methoxy groups -OCH3 is 2. The molecule has 1 aliphatic rings. The summed E-state index contributed by atoms with van der Waals surface area (Å²) >= 11 is 0. The molecule has 0 amide bonds. The first-order valence-corrected chi connectivity index (χ1v) is 11.7. The Morgan fingerprint density at radius 1 is 1.30 bits per heavy atom. The first-order valence-electron chi connectivity index (χ1n) is 10.3. The van der Waals surface area contributed by atoms with Crippen molar-refractivity contribution in [2.75, 3.05) is 33.1 Å². The Balaban J connectivity index is 0.00000450. The van der Waals surface area contributed by atoms with Gasteiger partial charge in [-0.25, -0.2) is 0 Å². The Bertz CT molecular complexity index is 705. The van der Waals surface area contributed by atoms with Crippen LogP contribution < -0.4 is 20.1 Å². The van der Waals surface area contributed by atoms with Crippen molar-refractivity contribution in [3.8, 4) is 11.5 Å². The maximum Gasteiger partial charge on any atom is 0.191 e. The molecule has 0 aromatic heterocycles. The molecular formula is C21H36IN3O4S. The maximum absolute atomic E-state index is 12.2. The van der Waals surface area contributed by atoms with E-state index < -0.39 is 16.9 Å². The van der Waals surface area contributed by atoms with E-state index in [2.05, 4.69) is 15.6 Å². The van der Waals surface area contributed by atoms with Gasteiger partial charge in [0.1, 0.15) is 17.6 Å². The molecule has 1 saturated carbocycles. The molecule has 7 nitrogen and oxygen atoms in total. The summed E-state index contributed by atoms with van der Waals surface area (Å²) in [5.41, 5.74) is 0.641. The number of nitrogens with zero attached hydrogens (tertiary/aromatic N) is 1. The van der Waals surface area contributed by atoms with Crippen LogP contribution in [0.3, 0.4) is 0 Å². The number of aliphatic hydroxyl groups is 1. The third-order valence-electron chi connectivity index (χ3n) is 5.19. The monoisotopic (exact) mass is 553 g/mol. The Morgan fingerprint density at radius 3 is 2.70 bits per heavy atom. The fourth-order valence-electron chi connectivity index (χ4n) is 3.64. The number of nitrogens with one attached hydrogen (secondary N) is 2. The molecule has 1 fully saturated rings. The highest BCUT2D eigenvalue weighted by molar-refractivity contribution is 14.0. The number of hydrogen-bond donors (Lipinski definition) is 3. The standard InChI is InChI=1S/C21H35N3O4S.HI/c1-5-22-21(24-15-8-7-9-17(12-15)29(26)6-2)23-14-19(25)18-13-16(27-3)10-11-20(18)28-4;/h10-11,13,15,17,19,25H,5-9,12,14H2,1-4H3,(H2,22,23,24);1H. The van der Waals surface area contributed by atoms with Gasteiger partial charge in [-0.1, -0.05) is 13.3 Å². The van der Waals surface area contributed by atoms with Gasteiger partial charge >= 0.3 is 0 Å². The third-order valence-corrected chi connectivity index (χ3v) is 6.93. The van der Waals surface area contributed by atoms with E-state index in [-0.39, 0.29) is 41.8 Å². The smallest absolute Gasteiger partial charge is 0.191 e. The van der Waals surface area contributed by atoms with Crippen molar-refractivity contribution in [1.29, 1.82) is 0 Å². The lowest BCUT2D eigenvalue weighted by Crippen LogP contribution is -2.46. The summed E-state index contributed by atoms with van der Waals surface area (Å²) in [6.45, 7) is 4.90. The molecule has 172 valence electrons. The number of halogens is 1. The minimum absolute atomic E-state index is 0. The van der Waals surface area contributed by atoms with E-state index in [0.29, 0.717) is 28.8 Å². The molecular weight excluding hydrogens is 517 g/mol. The molecule has 1 aliphatic carbocycles. The quantitative estimate of drug-likeness (QED) is 0.248. The maximum atomic E-state index is 12.2. The van der Waals surface area contributed by atoms with Gasteiger partial charge in [0.2, 0.25) is 0 Å². The minimum Gasteiger partial charge on any atom is -0.497 e. The summed E-state index contributed by atoms with van der Waals surface area (Å²) < 4.78 is 22.8. The second kappa shape index (κ2) is 14.1. The zero-order valence-corrected chi connectivity index (χ0v) is 21.5. The largest absolute Gasteiger partial charge is 0.497 e. The van der Waals surface area contributed by atoms with Gasteiger partial charge in [-0.2, -0.15) is 0 Å². The highest BCUT2D eigenvalue weighted by atomic mass is 127. The number of aliphatic imine (C=N–C) groups is 1. The number of hydrogen-bond acceptors (Lipinski definition) is 5. The van der Waals surface area contributed by atoms with Crippen LogP contribution in [0.1, 0.15) is 51.2 Å². The Hall–Kier alpha value is -1.07. The predicted molar refractivity (Wildman–Crippen MR) is 134 cm³/mol. The van der Waals surface area contributed by atoms with Crippen molar-refractivity contribution in [3.05, 3.63) is 23.8 Å². The van der Waals surface area contributed by atoms with Crippen LogP contribution in [0.2, 0.25) is 0 Å². The van der Waals surface area contributed by atoms with Crippen molar-refractivity contribution < 1.29 is 18.8 Å². The number of benzene rings is 1. The van der Waals surface area contributed by atoms with Gasteiger partial charge in [0.05, 0.1) is 20.8 Å². The van der Waals surface area contributed by atoms with Crippen LogP contribution in [0.15, 0.2) is 23.2 Å². The van der Waals surface area contributed by atoms with Gasteiger partial charge in [0.15, 0.2) is 5.96 Å². The molecule has 1 aromatic carbocycles. The summed E-state index contributed by atoms with van der Waals surface area (Å²) in [6, 6.07) is 5.58. The fraction of sp³-hybridized carbons (Fsp3) is 0.667. The van der Waals surface area contributed by atoms with Gasteiger partial charge in [0, 0.05) is 40.0 Å². The highest BCUT2D eigenvalue weighted by Gasteiger charge is 2.26. The fourth-order valence-corrected chi connectivity index (χ4v) is 4.99. The first-order chi connectivity index (χ1) is 14.0. The van der Waals surface area contributed by atoms with Gasteiger partial charge in [-0.05, 0) is 44.4 Å². The van der Waals surface area contributed by atoms with Crippen LogP contribution in [-0.4, -0.2) is 59.6 Å². The molecule has 0 radical (unpaired) electrons. The molecule has 4 atom stereocenters. The van der Waals surface area contributed by atoms with E-state index in [4.69, 9.17) is 9.47 Å². The molecule has 0 spiro atoms. The molecule has 0 bridgehead atoms. The highest BCUT2D eigenvalue weighted by Crippen LogP contribution is 2.29. The second-order valence-corrected chi connectivity index (χ2v) is 9.15. The molecule has 9 heteroatoms. The van der Waals surface area contributed by atoms with Crippen LogP contribution in [0, 0.1) is 0 Å². The van der Waals surface area contributed by atoms with E-state index in [0.717, 1.165) is 32.2 Å². The lowest BCUT2D eigenvalue weighted by atomic mass is 9.95.